The van der Waals surface area contributed by atoms with Crippen LogP contribution in [0.4, 0.5) is 0 Å². The molecule has 2 aliphatic carbocycles. The average molecular weight is 247 g/mol. The number of carbonyl (C=O) groups is 1. The van der Waals surface area contributed by atoms with Gasteiger partial charge in [0, 0.05) is 12.5 Å². The van der Waals surface area contributed by atoms with E-state index in [0.29, 0.717) is 11.5 Å². The molecule has 0 saturated heterocycles. The number of hydrogen-bond donors (Lipinski definition) is 0. The summed E-state index contributed by atoms with van der Waals surface area (Å²) in [7, 11) is 1.74. The minimum absolute atomic E-state index is 0.00309. The van der Waals surface area contributed by atoms with Gasteiger partial charge in [0.2, 0.25) is 0 Å². The van der Waals surface area contributed by atoms with Crippen LogP contribution in [0, 0.1) is 28.1 Å². The number of ether oxygens (including phenoxy) is 1. The molecule has 0 radical (unpaired) electrons. The first-order valence-corrected chi connectivity index (χ1v) is 6.55. The molecule has 0 N–H and O–H groups in total. The minimum Gasteiger partial charge on any atom is -0.381 e. The molecule has 0 bridgehead atoms. The molecule has 0 aliphatic heterocycles. The van der Waals surface area contributed by atoms with Crippen molar-refractivity contribution in [3.05, 3.63) is 11.6 Å². The highest BCUT2D eigenvalue weighted by Gasteiger charge is 2.53. The third kappa shape index (κ3) is 1.80. The maximum atomic E-state index is 12.3. The Bertz CT molecular complexity index is 444. The predicted molar refractivity (Wildman–Crippen MR) is 68.7 cm³/mol. The topological polar surface area (TPSA) is 50.1 Å². The van der Waals surface area contributed by atoms with E-state index in [2.05, 4.69) is 13.0 Å². The van der Waals surface area contributed by atoms with Crippen molar-refractivity contribution in [3.63, 3.8) is 0 Å². The Kier molecular flexibility index (Phi) is 3.11. The van der Waals surface area contributed by atoms with Crippen LogP contribution in [-0.4, -0.2) is 19.0 Å². The van der Waals surface area contributed by atoms with Gasteiger partial charge in [0.05, 0.1) is 11.7 Å². The molecule has 0 spiro atoms. The summed E-state index contributed by atoms with van der Waals surface area (Å²) in [4.78, 5) is 12.3. The van der Waals surface area contributed by atoms with E-state index in [1.54, 1.807) is 7.11 Å². The highest BCUT2D eigenvalue weighted by Crippen LogP contribution is 2.55. The summed E-state index contributed by atoms with van der Waals surface area (Å²) in [5.74, 6) is 0.310. The maximum absolute atomic E-state index is 12.3. The summed E-state index contributed by atoms with van der Waals surface area (Å²) in [6.07, 6.45) is 5.03. The Morgan fingerprint density at radius 3 is 2.61 bits per heavy atom. The van der Waals surface area contributed by atoms with Crippen molar-refractivity contribution in [2.45, 2.75) is 46.1 Å². The molecule has 2 aliphatic rings. The lowest BCUT2D eigenvalue weighted by Crippen LogP contribution is -2.50. The Morgan fingerprint density at radius 2 is 2.06 bits per heavy atom. The first kappa shape index (κ1) is 13.3. The van der Waals surface area contributed by atoms with Crippen LogP contribution in [-0.2, 0) is 9.53 Å². The SMILES string of the molecule is CO[C@H]1CC[C@H]2C(C)(C)C(=O)C(C#N)=C[C@@]2(C)C1. The van der Waals surface area contributed by atoms with Crippen molar-refractivity contribution in [1.82, 2.24) is 0 Å². The minimum atomic E-state index is -0.437. The van der Waals surface area contributed by atoms with Gasteiger partial charge in [-0.25, -0.2) is 0 Å². The van der Waals surface area contributed by atoms with Crippen LogP contribution in [0.3, 0.4) is 0 Å². The number of hydrogen-bond acceptors (Lipinski definition) is 3. The Labute approximate surface area is 109 Å². The van der Waals surface area contributed by atoms with Gasteiger partial charge < -0.3 is 4.74 Å². The van der Waals surface area contributed by atoms with E-state index in [1.807, 2.05) is 19.9 Å². The summed E-state index contributed by atoms with van der Waals surface area (Å²) < 4.78 is 5.47. The molecule has 0 amide bonds. The van der Waals surface area contributed by atoms with E-state index < -0.39 is 5.41 Å². The van der Waals surface area contributed by atoms with Crippen LogP contribution in [0.25, 0.3) is 0 Å². The van der Waals surface area contributed by atoms with Gasteiger partial charge in [-0.3, -0.25) is 4.79 Å². The second-order valence-corrected chi connectivity index (χ2v) is 6.42. The van der Waals surface area contributed by atoms with Gasteiger partial charge in [-0.05, 0) is 30.6 Å². The largest absolute Gasteiger partial charge is 0.381 e. The number of nitriles is 1. The monoisotopic (exact) mass is 247 g/mol. The molecular weight excluding hydrogens is 226 g/mol. The number of methoxy groups -OCH3 is 1. The fourth-order valence-electron chi connectivity index (χ4n) is 3.95. The van der Waals surface area contributed by atoms with Gasteiger partial charge in [0.1, 0.15) is 6.07 Å². The van der Waals surface area contributed by atoms with E-state index in [1.165, 1.54) is 0 Å². The van der Waals surface area contributed by atoms with Crippen LogP contribution in [0.15, 0.2) is 11.6 Å². The van der Waals surface area contributed by atoms with Gasteiger partial charge in [0.25, 0.3) is 0 Å². The molecule has 1 saturated carbocycles. The number of allylic oxidation sites excluding steroid dienone is 2. The molecule has 0 heterocycles. The van der Waals surface area contributed by atoms with Gasteiger partial charge in [0.15, 0.2) is 5.78 Å². The lowest BCUT2D eigenvalue weighted by atomic mass is 9.52. The smallest absolute Gasteiger partial charge is 0.178 e. The Morgan fingerprint density at radius 1 is 1.39 bits per heavy atom. The molecule has 3 atom stereocenters. The van der Waals surface area contributed by atoms with E-state index in [9.17, 15) is 4.79 Å². The van der Waals surface area contributed by atoms with Crippen molar-refractivity contribution in [1.29, 1.82) is 5.26 Å². The van der Waals surface area contributed by atoms with Crippen LogP contribution >= 0.6 is 0 Å². The lowest BCUT2D eigenvalue weighted by molar-refractivity contribution is -0.133. The van der Waals surface area contributed by atoms with Gasteiger partial charge in [-0.15, -0.1) is 0 Å². The number of Topliss-reactive ketones (excluding diaryl/α,β-unsaturated/α-hetero) is 1. The van der Waals surface area contributed by atoms with E-state index in [4.69, 9.17) is 10.00 Å². The first-order chi connectivity index (χ1) is 8.35. The lowest BCUT2D eigenvalue weighted by Gasteiger charge is -2.51. The van der Waals surface area contributed by atoms with E-state index in [-0.39, 0.29) is 17.3 Å². The summed E-state index contributed by atoms with van der Waals surface area (Å²) in [5.41, 5.74) is -0.204. The van der Waals surface area contributed by atoms with Crippen molar-refractivity contribution < 1.29 is 9.53 Å². The molecule has 2 rings (SSSR count). The van der Waals surface area contributed by atoms with Gasteiger partial charge >= 0.3 is 0 Å². The maximum Gasteiger partial charge on any atom is 0.178 e. The van der Waals surface area contributed by atoms with Crippen molar-refractivity contribution in [3.8, 4) is 6.07 Å². The zero-order valence-electron chi connectivity index (χ0n) is 11.6. The highest BCUT2D eigenvalue weighted by atomic mass is 16.5. The van der Waals surface area contributed by atoms with Gasteiger partial charge in [-0.2, -0.15) is 5.26 Å². The Balaban J connectivity index is 2.46. The van der Waals surface area contributed by atoms with Crippen LogP contribution in [0.1, 0.15) is 40.0 Å². The molecular formula is C15H21NO2. The number of fused-ring (bicyclic) bond motifs is 1. The standard InChI is InChI=1S/C15H21NO2/c1-14(2)12-6-5-11(18-4)8-15(12,3)7-10(9-16)13(14)17/h7,11-12H,5-6,8H2,1-4H3/t11-,12-,15-/m0/s1. The van der Waals surface area contributed by atoms with Crippen LogP contribution < -0.4 is 0 Å². The second kappa shape index (κ2) is 4.20. The second-order valence-electron chi connectivity index (χ2n) is 6.42. The average Bonchev–Trinajstić information content (AvgIpc) is 2.33. The summed E-state index contributed by atoms with van der Waals surface area (Å²) in [6, 6.07) is 2.07. The molecule has 0 aromatic rings. The normalized spacial score (nSPS) is 38.6. The first-order valence-electron chi connectivity index (χ1n) is 6.55. The molecule has 1 fully saturated rings. The summed E-state index contributed by atoms with van der Waals surface area (Å²) in [6.45, 7) is 6.12. The molecule has 0 aromatic carbocycles. The van der Waals surface area contributed by atoms with Crippen molar-refractivity contribution in [2.75, 3.05) is 7.11 Å². The zero-order chi connectivity index (χ0) is 13.6. The molecule has 0 unspecified atom stereocenters. The quantitative estimate of drug-likeness (QED) is 0.716. The number of ketones is 1. The van der Waals surface area contributed by atoms with Crippen molar-refractivity contribution in [2.24, 2.45) is 16.7 Å². The number of rotatable bonds is 1. The van der Waals surface area contributed by atoms with Crippen LogP contribution in [0.2, 0.25) is 0 Å². The van der Waals surface area contributed by atoms with E-state index >= 15 is 0 Å². The van der Waals surface area contributed by atoms with E-state index in [0.717, 1.165) is 19.3 Å². The molecule has 98 valence electrons. The summed E-state index contributed by atoms with van der Waals surface area (Å²) >= 11 is 0. The fourth-order valence-corrected chi connectivity index (χ4v) is 3.95. The van der Waals surface area contributed by atoms with Crippen molar-refractivity contribution >= 4 is 5.78 Å². The van der Waals surface area contributed by atoms with Crippen LogP contribution in [0.5, 0.6) is 0 Å². The summed E-state index contributed by atoms with van der Waals surface area (Å²) in [5, 5.41) is 9.15. The molecule has 18 heavy (non-hydrogen) atoms. The fraction of sp³-hybridized carbons (Fsp3) is 0.733. The number of carbonyl (C=O) groups excluding carboxylic acids is 1. The highest BCUT2D eigenvalue weighted by molar-refractivity contribution is 6.04. The Hall–Kier alpha value is -1.14. The number of nitrogens with zero attached hydrogens (tertiary/aromatic N) is 1. The third-order valence-electron chi connectivity index (χ3n) is 4.87. The predicted octanol–water partition coefficient (Wildman–Crippen LogP) is 2.87. The third-order valence-corrected chi connectivity index (χ3v) is 4.87. The molecule has 3 heteroatoms. The zero-order valence-corrected chi connectivity index (χ0v) is 11.6. The molecule has 3 nitrogen and oxygen atoms in total. The van der Waals surface area contributed by atoms with Gasteiger partial charge in [-0.1, -0.05) is 26.8 Å². The molecule has 0 aromatic heterocycles.